The number of nitrogens with one attached hydrogen (secondary N) is 1. The predicted octanol–water partition coefficient (Wildman–Crippen LogP) is 2.45. The predicted molar refractivity (Wildman–Crippen MR) is 82.2 cm³/mol. The van der Waals surface area contributed by atoms with Crippen molar-refractivity contribution in [3.63, 3.8) is 0 Å². The van der Waals surface area contributed by atoms with E-state index in [1.165, 1.54) is 0 Å². The molecular weight excluding hydrogens is 328 g/mol. The summed E-state index contributed by atoms with van der Waals surface area (Å²) in [6, 6.07) is 5.46. The molecule has 19 heavy (non-hydrogen) atoms. The van der Waals surface area contributed by atoms with Gasteiger partial charge >= 0.3 is 0 Å². The third kappa shape index (κ3) is 3.75. The number of ether oxygens (including phenoxy) is 1. The van der Waals surface area contributed by atoms with Gasteiger partial charge in [-0.25, -0.2) is 0 Å². The van der Waals surface area contributed by atoms with Crippen LogP contribution in [-0.2, 0) is 9.53 Å². The van der Waals surface area contributed by atoms with Crippen LogP contribution < -0.4 is 11.1 Å². The molecule has 1 fully saturated rings. The van der Waals surface area contributed by atoms with E-state index in [0.29, 0.717) is 24.5 Å². The first kappa shape index (κ1) is 14.4. The number of rotatable bonds is 3. The zero-order valence-electron chi connectivity index (χ0n) is 10.3. The molecule has 0 unspecified atom stereocenters. The second-order valence-electron chi connectivity index (χ2n) is 4.43. The second-order valence-corrected chi connectivity index (χ2v) is 5.79. The minimum Gasteiger partial charge on any atom is -0.389 e. The molecule has 4 nitrogen and oxygen atoms in total. The summed E-state index contributed by atoms with van der Waals surface area (Å²) in [4.78, 5) is 12.4. The van der Waals surface area contributed by atoms with E-state index in [9.17, 15) is 4.79 Å². The number of carbonyl (C=O) groups excluding carboxylic acids is 1. The maximum atomic E-state index is 12.2. The van der Waals surface area contributed by atoms with E-state index in [-0.39, 0.29) is 16.8 Å². The Labute approximate surface area is 125 Å². The smallest absolute Gasteiger partial charge is 0.227 e. The molecule has 2 rings (SSSR count). The summed E-state index contributed by atoms with van der Waals surface area (Å²) in [6.45, 7) is 1.28. The standard InChI is InChI=1S/C13H15BrN2O2S/c14-9-1-2-11(10(7-9)12(15)19)16-13(17)8-3-5-18-6-4-8/h1-2,7-8H,3-6H2,(H2,15,19)(H,16,17). The molecule has 0 radical (unpaired) electrons. The van der Waals surface area contributed by atoms with Gasteiger partial charge in [0.1, 0.15) is 4.99 Å². The number of thiocarbonyl (C=S) groups is 1. The zero-order valence-corrected chi connectivity index (χ0v) is 12.7. The molecule has 0 aromatic heterocycles. The Hall–Kier alpha value is -0.980. The van der Waals surface area contributed by atoms with Gasteiger partial charge in [0.25, 0.3) is 0 Å². The van der Waals surface area contributed by atoms with Gasteiger partial charge in [-0.05, 0) is 31.0 Å². The van der Waals surface area contributed by atoms with Crippen LogP contribution in [0.3, 0.4) is 0 Å². The molecule has 0 aliphatic carbocycles. The third-order valence-corrected chi connectivity index (χ3v) is 3.81. The van der Waals surface area contributed by atoms with E-state index < -0.39 is 0 Å². The number of amides is 1. The molecule has 1 aromatic carbocycles. The monoisotopic (exact) mass is 342 g/mol. The first-order chi connectivity index (χ1) is 9.08. The molecule has 0 bridgehead atoms. The van der Waals surface area contributed by atoms with E-state index in [0.717, 1.165) is 17.3 Å². The third-order valence-electron chi connectivity index (χ3n) is 3.10. The molecular formula is C13H15BrN2O2S. The summed E-state index contributed by atoms with van der Waals surface area (Å²) in [7, 11) is 0. The van der Waals surface area contributed by atoms with Crippen LogP contribution in [0.2, 0.25) is 0 Å². The maximum absolute atomic E-state index is 12.2. The van der Waals surface area contributed by atoms with Crippen molar-refractivity contribution in [1.29, 1.82) is 0 Å². The van der Waals surface area contributed by atoms with Gasteiger partial charge in [-0.2, -0.15) is 0 Å². The van der Waals surface area contributed by atoms with Crippen LogP contribution in [0.25, 0.3) is 0 Å². The summed E-state index contributed by atoms with van der Waals surface area (Å²) in [5.74, 6) is -0.000264. The van der Waals surface area contributed by atoms with Gasteiger partial charge in [-0.15, -0.1) is 0 Å². The van der Waals surface area contributed by atoms with Crippen molar-refractivity contribution in [3.05, 3.63) is 28.2 Å². The number of carbonyl (C=O) groups is 1. The van der Waals surface area contributed by atoms with Gasteiger partial charge in [-0.3, -0.25) is 4.79 Å². The summed E-state index contributed by atoms with van der Waals surface area (Å²) in [6.07, 6.45) is 1.51. The topological polar surface area (TPSA) is 64.3 Å². The van der Waals surface area contributed by atoms with Crippen molar-refractivity contribution < 1.29 is 9.53 Å². The van der Waals surface area contributed by atoms with E-state index in [2.05, 4.69) is 21.2 Å². The molecule has 1 heterocycles. The summed E-state index contributed by atoms with van der Waals surface area (Å²) >= 11 is 8.37. The largest absolute Gasteiger partial charge is 0.389 e. The Morgan fingerprint density at radius 2 is 2.11 bits per heavy atom. The first-order valence-electron chi connectivity index (χ1n) is 6.06. The molecule has 0 atom stereocenters. The fourth-order valence-corrected chi connectivity index (χ4v) is 2.55. The molecule has 3 N–H and O–H groups in total. The highest BCUT2D eigenvalue weighted by Gasteiger charge is 2.22. The van der Waals surface area contributed by atoms with Gasteiger partial charge < -0.3 is 15.8 Å². The summed E-state index contributed by atoms with van der Waals surface area (Å²) < 4.78 is 6.13. The number of halogens is 1. The quantitative estimate of drug-likeness (QED) is 0.828. The van der Waals surface area contributed by atoms with E-state index in [4.69, 9.17) is 22.7 Å². The average molecular weight is 343 g/mol. The number of hydrogen-bond donors (Lipinski definition) is 2. The average Bonchev–Trinajstić information content (AvgIpc) is 2.41. The minimum absolute atomic E-state index is 0.00289. The van der Waals surface area contributed by atoms with Crippen LogP contribution >= 0.6 is 28.1 Å². The van der Waals surface area contributed by atoms with Gasteiger partial charge in [0.2, 0.25) is 5.91 Å². The summed E-state index contributed by atoms with van der Waals surface area (Å²) in [5.41, 5.74) is 7.01. The molecule has 6 heteroatoms. The highest BCUT2D eigenvalue weighted by molar-refractivity contribution is 9.10. The van der Waals surface area contributed by atoms with Crippen LogP contribution in [-0.4, -0.2) is 24.1 Å². The lowest BCUT2D eigenvalue weighted by atomic mass is 9.99. The Morgan fingerprint density at radius 3 is 2.74 bits per heavy atom. The molecule has 0 saturated carbocycles. The normalized spacial score (nSPS) is 16.1. The van der Waals surface area contributed by atoms with Crippen LogP contribution in [0.1, 0.15) is 18.4 Å². The molecule has 1 aromatic rings. The highest BCUT2D eigenvalue weighted by atomic mass is 79.9. The van der Waals surface area contributed by atoms with Crippen molar-refractivity contribution in [1.82, 2.24) is 0 Å². The van der Waals surface area contributed by atoms with E-state index >= 15 is 0 Å². The van der Waals surface area contributed by atoms with Crippen molar-refractivity contribution >= 4 is 44.7 Å². The van der Waals surface area contributed by atoms with E-state index in [1.54, 1.807) is 6.07 Å². The van der Waals surface area contributed by atoms with Crippen molar-refractivity contribution in [2.75, 3.05) is 18.5 Å². The minimum atomic E-state index is -0.00315. The zero-order chi connectivity index (χ0) is 13.8. The van der Waals surface area contributed by atoms with E-state index in [1.807, 2.05) is 12.1 Å². The number of anilines is 1. The lowest BCUT2D eigenvalue weighted by Gasteiger charge is -2.22. The van der Waals surface area contributed by atoms with Gasteiger partial charge in [0.15, 0.2) is 0 Å². The fourth-order valence-electron chi connectivity index (χ4n) is 2.02. The molecule has 0 spiro atoms. The van der Waals surface area contributed by atoms with Crippen molar-refractivity contribution in [2.45, 2.75) is 12.8 Å². The molecule has 1 aliphatic rings. The number of hydrogen-bond acceptors (Lipinski definition) is 3. The fraction of sp³-hybridized carbons (Fsp3) is 0.385. The Kier molecular flexibility index (Phi) is 4.90. The van der Waals surface area contributed by atoms with Crippen molar-refractivity contribution in [2.24, 2.45) is 11.7 Å². The molecule has 1 amide bonds. The maximum Gasteiger partial charge on any atom is 0.227 e. The van der Waals surface area contributed by atoms with Gasteiger partial charge in [-0.1, -0.05) is 28.1 Å². The van der Waals surface area contributed by atoms with Crippen molar-refractivity contribution in [3.8, 4) is 0 Å². The lowest BCUT2D eigenvalue weighted by molar-refractivity contribution is -0.122. The highest BCUT2D eigenvalue weighted by Crippen LogP contribution is 2.23. The molecule has 1 saturated heterocycles. The number of nitrogens with two attached hydrogens (primary N) is 1. The number of benzene rings is 1. The summed E-state index contributed by atoms with van der Waals surface area (Å²) in [5, 5.41) is 2.91. The van der Waals surface area contributed by atoms with Crippen LogP contribution in [0, 0.1) is 5.92 Å². The Balaban J connectivity index is 2.13. The van der Waals surface area contributed by atoms with Crippen LogP contribution in [0.15, 0.2) is 22.7 Å². The Bertz CT molecular complexity index is 501. The molecule has 102 valence electrons. The molecule has 1 aliphatic heterocycles. The SMILES string of the molecule is NC(=S)c1cc(Br)ccc1NC(=O)C1CCOCC1. The van der Waals surface area contributed by atoms with Gasteiger partial charge in [0.05, 0.1) is 5.69 Å². The van der Waals surface area contributed by atoms with Gasteiger partial charge in [0, 0.05) is 29.2 Å². The van der Waals surface area contributed by atoms with Crippen LogP contribution in [0.4, 0.5) is 5.69 Å². The van der Waals surface area contributed by atoms with Crippen LogP contribution in [0.5, 0.6) is 0 Å². The lowest BCUT2D eigenvalue weighted by Crippen LogP contribution is -2.29. The second kappa shape index (κ2) is 6.45. The first-order valence-corrected chi connectivity index (χ1v) is 7.26. The Morgan fingerprint density at radius 1 is 1.42 bits per heavy atom.